The van der Waals surface area contributed by atoms with Crippen LogP contribution in [-0.4, -0.2) is 12.5 Å². The topological polar surface area (TPSA) is 17.1 Å². The molecule has 1 nitrogen and oxygen atoms in total. The van der Waals surface area contributed by atoms with Crippen LogP contribution in [0.5, 0.6) is 0 Å². The van der Waals surface area contributed by atoms with Crippen LogP contribution in [0.4, 0.5) is 13.2 Å². The second-order valence-electron chi connectivity index (χ2n) is 2.41. The minimum absolute atomic E-state index is 0.353. The molecule has 0 N–H and O–H groups in total. The predicted molar refractivity (Wildman–Crippen MR) is 44.2 cm³/mol. The third kappa shape index (κ3) is 5.00. The summed E-state index contributed by atoms with van der Waals surface area (Å²) in [6.45, 7) is 4.31. The summed E-state index contributed by atoms with van der Waals surface area (Å²) in [6, 6.07) is 0. The van der Waals surface area contributed by atoms with Gasteiger partial charge in [-0.05, 0) is 12.5 Å². The fraction of sp³-hybridized carbons (Fsp3) is 0.222. The van der Waals surface area contributed by atoms with Crippen LogP contribution in [0.3, 0.4) is 0 Å². The van der Waals surface area contributed by atoms with E-state index in [9.17, 15) is 18.0 Å². The van der Waals surface area contributed by atoms with E-state index in [2.05, 4.69) is 6.58 Å². The second-order valence-corrected chi connectivity index (χ2v) is 2.41. The molecule has 0 amide bonds. The molecule has 0 aromatic heterocycles. The summed E-state index contributed by atoms with van der Waals surface area (Å²) in [5, 5.41) is 0. The molecule has 0 rings (SSSR count). The molecule has 0 radical (unpaired) electrons. The van der Waals surface area contributed by atoms with Crippen molar-refractivity contribution in [1.29, 1.82) is 0 Å². The minimum atomic E-state index is -4.40. The van der Waals surface area contributed by atoms with Gasteiger partial charge in [-0.15, -0.1) is 0 Å². The van der Waals surface area contributed by atoms with Gasteiger partial charge in [-0.3, -0.25) is 4.79 Å². The number of aldehydes is 1. The molecule has 4 heteroatoms. The summed E-state index contributed by atoms with van der Waals surface area (Å²) in [5.74, 6) is 0. The van der Waals surface area contributed by atoms with Gasteiger partial charge in [-0.2, -0.15) is 13.2 Å². The van der Waals surface area contributed by atoms with E-state index in [0.717, 1.165) is 12.2 Å². The van der Waals surface area contributed by atoms with Crippen LogP contribution < -0.4 is 0 Å². The number of allylic oxidation sites excluding steroid dienone is 5. The van der Waals surface area contributed by atoms with E-state index in [4.69, 9.17) is 0 Å². The van der Waals surface area contributed by atoms with Gasteiger partial charge in [0.2, 0.25) is 0 Å². The molecule has 0 atom stereocenters. The van der Waals surface area contributed by atoms with Crippen molar-refractivity contribution < 1.29 is 18.0 Å². The van der Waals surface area contributed by atoms with Crippen molar-refractivity contribution in [1.82, 2.24) is 0 Å². The smallest absolute Gasteiger partial charge is 0.298 e. The summed E-state index contributed by atoms with van der Waals surface area (Å²) in [7, 11) is 0. The zero-order valence-corrected chi connectivity index (χ0v) is 7.06. The van der Waals surface area contributed by atoms with Gasteiger partial charge in [0.1, 0.15) is 6.29 Å². The lowest BCUT2D eigenvalue weighted by molar-refractivity contribution is -0.104. The van der Waals surface area contributed by atoms with E-state index in [-0.39, 0.29) is 0 Å². The van der Waals surface area contributed by atoms with Crippen LogP contribution in [0.15, 0.2) is 36.0 Å². The normalized spacial score (nSPS) is 13.4. The summed E-state index contributed by atoms with van der Waals surface area (Å²) in [5.41, 5.74) is -0.589. The SMILES string of the molecule is C=C(/C=C\C=C(/C)C=O)C(F)(F)F. The van der Waals surface area contributed by atoms with Crippen molar-refractivity contribution in [3.8, 4) is 0 Å². The highest BCUT2D eigenvalue weighted by Crippen LogP contribution is 2.24. The lowest BCUT2D eigenvalue weighted by Crippen LogP contribution is -2.08. The minimum Gasteiger partial charge on any atom is -0.298 e. The van der Waals surface area contributed by atoms with Crippen molar-refractivity contribution in [3.63, 3.8) is 0 Å². The first-order valence-electron chi connectivity index (χ1n) is 3.44. The average Bonchev–Trinajstić information content (AvgIpc) is 2.02. The maximum Gasteiger partial charge on any atom is 0.415 e. The molecule has 0 aliphatic rings. The Hall–Kier alpha value is -1.32. The molecule has 0 saturated carbocycles. The monoisotopic (exact) mass is 190 g/mol. The highest BCUT2D eigenvalue weighted by Gasteiger charge is 2.29. The Morgan fingerprint density at radius 1 is 1.38 bits per heavy atom. The van der Waals surface area contributed by atoms with Gasteiger partial charge in [0.05, 0.1) is 0 Å². The Labute approximate surface area is 74.2 Å². The van der Waals surface area contributed by atoms with E-state index in [1.54, 1.807) is 0 Å². The molecule has 0 saturated heterocycles. The van der Waals surface area contributed by atoms with Gasteiger partial charge in [0, 0.05) is 5.57 Å². The van der Waals surface area contributed by atoms with Crippen LogP contribution >= 0.6 is 0 Å². The predicted octanol–water partition coefficient (Wildman–Crippen LogP) is 2.81. The van der Waals surface area contributed by atoms with E-state index < -0.39 is 11.7 Å². The Kier molecular flexibility index (Phi) is 4.17. The number of halogens is 3. The fourth-order valence-electron chi connectivity index (χ4n) is 0.450. The van der Waals surface area contributed by atoms with Gasteiger partial charge < -0.3 is 0 Å². The highest BCUT2D eigenvalue weighted by molar-refractivity contribution is 5.72. The fourth-order valence-corrected chi connectivity index (χ4v) is 0.450. The Balaban J connectivity index is 4.31. The molecule has 0 aliphatic heterocycles. The van der Waals surface area contributed by atoms with Crippen molar-refractivity contribution in [2.24, 2.45) is 0 Å². The molecule has 0 bridgehead atoms. The van der Waals surface area contributed by atoms with Gasteiger partial charge >= 0.3 is 6.18 Å². The van der Waals surface area contributed by atoms with Crippen molar-refractivity contribution in [2.75, 3.05) is 0 Å². The summed E-state index contributed by atoms with van der Waals surface area (Å²) in [4.78, 5) is 10.0. The van der Waals surface area contributed by atoms with Crippen LogP contribution in [0.2, 0.25) is 0 Å². The molecule has 0 aliphatic carbocycles. The molecular formula is C9H9F3O. The zero-order valence-electron chi connectivity index (χ0n) is 7.06. The van der Waals surface area contributed by atoms with Crippen LogP contribution in [0, 0.1) is 0 Å². The third-order valence-electron chi connectivity index (χ3n) is 1.21. The number of hydrogen-bond acceptors (Lipinski definition) is 1. The van der Waals surface area contributed by atoms with Gasteiger partial charge in [-0.25, -0.2) is 0 Å². The van der Waals surface area contributed by atoms with Gasteiger partial charge in [0.15, 0.2) is 0 Å². The maximum absolute atomic E-state index is 11.8. The lowest BCUT2D eigenvalue weighted by atomic mass is 10.2. The molecule has 0 unspecified atom stereocenters. The largest absolute Gasteiger partial charge is 0.415 e. The molecule has 0 fully saturated rings. The van der Waals surface area contributed by atoms with E-state index in [1.807, 2.05) is 0 Å². The quantitative estimate of drug-likeness (QED) is 0.380. The Morgan fingerprint density at radius 2 is 1.92 bits per heavy atom. The maximum atomic E-state index is 11.8. The van der Waals surface area contributed by atoms with E-state index in [1.165, 1.54) is 13.0 Å². The van der Waals surface area contributed by atoms with Crippen LogP contribution in [0.1, 0.15) is 6.92 Å². The standard InChI is InChI=1S/C9H9F3O/c1-7(6-13)4-3-5-8(2)9(10,11)12/h3-6H,2H2,1H3/b5-3-,7-4+. The van der Waals surface area contributed by atoms with Crippen LogP contribution in [-0.2, 0) is 4.79 Å². The molecule has 13 heavy (non-hydrogen) atoms. The summed E-state index contributed by atoms with van der Waals surface area (Å²) >= 11 is 0. The Morgan fingerprint density at radius 3 is 2.31 bits per heavy atom. The number of alkyl halides is 3. The second kappa shape index (κ2) is 4.64. The first-order valence-corrected chi connectivity index (χ1v) is 3.44. The molecule has 0 aromatic carbocycles. The molecule has 72 valence electrons. The van der Waals surface area contributed by atoms with Crippen molar-refractivity contribution in [2.45, 2.75) is 13.1 Å². The first-order chi connectivity index (χ1) is 5.88. The summed E-state index contributed by atoms with van der Waals surface area (Å²) < 4.78 is 35.4. The average molecular weight is 190 g/mol. The number of carbonyl (C=O) groups excluding carboxylic acids is 1. The third-order valence-corrected chi connectivity index (χ3v) is 1.21. The lowest BCUT2D eigenvalue weighted by Gasteiger charge is -2.03. The van der Waals surface area contributed by atoms with Crippen molar-refractivity contribution >= 4 is 6.29 Å². The van der Waals surface area contributed by atoms with Crippen molar-refractivity contribution in [3.05, 3.63) is 36.0 Å². The zero-order chi connectivity index (χ0) is 10.5. The summed E-state index contributed by atoms with van der Waals surface area (Å²) in [6.07, 6.45) is -0.614. The molecule has 0 spiro atoms. The number of hydrogen-bond donors (Lipinski definition) is 0. The Bertz CT molecular complexity index is 259. The first kappa shape index (κ1) is 11.7. The molecule has 0 heterocycles. The molecule has 0 aromatic rings. The van der Waals surface area contributed by atoms with E-state index >= 15 is 0 Å². The highest BCUT2D eigenvalue weighted by atomic mass is 19.4. The van der Waals surface area contributed by atoms with Crippen LogP contribution in [0.25, 0.3) is 0 Å². The van der Waals surface area contributed by atoms with E-state index in [0.29, 0.717) is 11.9 Å². The number of carbonyl (C=O) groups is 1. The van der Waals surface area contributed by atoms with Gasteiger partial charge in [0.25, 0.3) is 0 Å². The molecular weight excluding hydrogens is 181 g/mol. The number of rotatable bonds is 3. The van der Waals surface area contributed by atoms with Gasteiger partial charge in [-0.1, -0.05) is 24.8 Å².